The number of rotatable bonds is 6. The highest BCUT2D eigenvalue weighted by Crippen LogP contribution is 2.25. The molecule has 0 atom stereocenters. The highest BCUT2D eigenvalue weighted by atomic mass is 32.2. The zero-order chi connectivity index (χ0) is 19.4. The summed E-state index contributed by atoms with van der Waals surface area (Å²) in [7, 11) is 0. The summed E-state index contributed by atoms with van der Waals surface area (Å²) in [6.07, 6.45) is 3.53. The van der Waals surface area contributed by atoms with Crippen molar-refractivity contribution in [3.05, 3.63) is 76.1 Å². The first-order chi connectivity index (χ1) is 13.0. The number of nitro benzene ring substituents is 1. The first-order valence-electron chi connectivity index (χ1n) is 8.23. The molecule has 27 heavy (non-hydrogen) atoms. The maximum Gasteiger partial charge on any atom is 0.292 e. The van der Waals surface area contributed by atoms with Crippen molar-refractivity contribution in [1.29, 1.82) is 0 Å². The van der Waals surface area contributed by atoms with Gasteiger partial charge in [0.2, 0.25) is 5.91 Å². The Balaban J connectivity index is 1.71. The lowest BCUT2D eigenvalue weighted by Crippen LogP contribution is -2.15. The Hall–Kier alpha value is -3.13. The smallest absolute Gasteiger partial charge is 0.292 e. The predicted octanol–water partition coefficient (Wildman–Crippen LogP) is 4.13. The number of hydrogen-bond donors (Lipinski definition) is 1. The molecule has 3 aromatic rings. The molecule has 2 aromatic carbocycles. The van der Waals surface area contributed by atoms with Crippen LogP contribution in [0.3, 0.4) is 0 Å². The Kier molecular flexibility index (Phi) is 5.56. The number of hydrogen-bond acceptors (Lipinski definition) is 5. The van der Waals surface area contributed by atoms with Crippen LogP contribution in [0.4, 0.5) is 11.4 Å². The first-order valence-corrected chi connectivity index (χ1v) is 9.21. The second-order valence-electron chi connectivity index (χ2n) is 5.98. The molecule has 0 aliphatic heterocycles. The third kappa shape index (κ3) is 4.35. The van der Waals surface area contributed by atoms with E-state index in [0.29, 0.717) is 5.16 Å². The summed E-state index contributed by atoms with van der Waals surface area (Å²) in [4.78, 5) is 27.1. The van der Waals surface area contributed by atoms with E-state index in [4.69, 9.17) is 0 Å². The van der Waals surface area contributed by atoms with E-state index in [9.17, 15) is 14.9 Å². The van der Waals surface area contributed by atoms with Crippen LogP contribution < -0.4 is 5.32 Å². The number of benzene rings is 2. The number of aryl methyl sites for hydroxylation is 2. The number of imidazole rings is 1. The second kappa shape index (κ2) is 8.05. The summed E-state index contributed by atoms with van der Waals surface area (Å²) in [6, 6.07) is 12.2. The largest absolute Gasteiger partial charge is 0.320 e. The topological polar surface area (TPSA) is 90.1 Å². The van der Waals surface area contributed by atoms with Crippen LogP contribution in [0.5, 0.6) is 0 Å². The zero-order valence-electron chi connectivity index (χ0n) is 14.9. The molecule has 1 amide bonds. The van der Waals surface area contributed by atoms with Gasteiger partial charge >= 0.3 is 0 Å². The monoisotopic (exact) mass is 382 g/mol. The van der Waals surface area contributed by atoms with Crippen molar-refractivity contribution in [1.82, 2.24) is 9.55 Å². The quantitative estimate of drug-likeness (QED) is 0.393. The van der Waals surface area contributed by atoms with Crippen LogP contribution >= 0.6 is 11.8 Å². The first kappa shape index (κ1) is 18.7. The van der Waals surface area contributed by atoms with Crippen LogP contribution in [0.25, 0.3) is 5.69 Å². The highest BCUT2D eigenvalue weighted by Gasteiger charge is 2.16. The van der Waals surface area contributed by atoms with Crippen molar-refractivity contribution in [2.45, 2.75) is 19.0 Å². The van der Waals surface area contributed by atoms with Crippen LogP contribution in [0.2, 0.25) is 0 Å². The van der Waals surface area contributed by atoms with Gasteiger partial charge in [0.1, 0.15) is 5.69 Å². The molecule has 7 nitrogen and oxygen atoms in total. The van der Waals surface area contributed by atoms with Gasteiger partial charge in [-0.1, -0.05) is 41.6 Å². The minimum absolute atomic E-state index is 0.0912. The number of nitrogens with one attached hydrogen (secondary N) is 1. The minimum atomic E-state index is -0.518. The van der Waals surface area contributed by atoms with E-state index >= 15 is 0 Å². The van der Waals surface area contributed by atoms with Gasteiger partial charge in [-0.2, -0.15) is 0 Å². The molecule has 0 saturated carbocycles. The van der Waals surface area contributed by atoms with E-state index < -0.39 is 4.92 Å². The van der Waals surface area contributed by atoms with Crippen molar-refractivity contribution in [2.75, 3.05) is 11.1 Å². The molecule has 8 heteroatoms. The van der Waals surface area contributed by atoms with E-state index in [2.05, 4.69) is 16.4 Å². The number of nitrogens with zero attached hydrogens (tertiary/aromatic N) is 3. The number of amides is 1. The maximum absolute atomic E-state index is 12.3. The Morgan fingerprint density at radius 1 is 1.26 bits per heavy atom. The van der Waals surface area contributed by atoms with Crippen LogP contribution in [0, 0.1) is 24.0 Å². The molecule has 1 aromatic heterocycles. The van der Waals surface area contributed by atoms with Gasteiger partial charge in [-0.05, 0) is 31.5 Å². The molecule has 0 spiro atoms. The van der Waals surface area contributed by atoms with Gasteiger partial charge in [0, 0.05) is 18.5 Å². The number of anilines is 1. The van der Waals surface area contributed by atoms with Gasteiger partial charge in [-0.15, -0.1) is 0 Å². The van der Waals surface area contributed by atoms with Crippen LogP contribution in [0.15, 0.2) is 60.0 Å². The second-order valence-corrected chi connectivity index (χ2v) is 6.92. The summed E-state index contributed by atoms with van der Waals surface area (Å²) < 4.78 is 1.93. The lowest BCUT2D eigenvalue weighted by Gasteiger charge is -2.11. The minimum Gasteiger partial charge on any atom is -0.320 e. The molecule has 0 unspecified atom stereocenters. The fourth-order valence-electron chi connectivity index (χ4n) is 2.71. The summed E-state index contributed by atoms with van der Waals surface area (Å²) in [5.74, 6) is -0.238. The van der Waals surface area contributed by atoms with Crippen molar-refractivity contribution < 1.29 is 9.72 Å². The fourth-order valence-corrected chi connectivity index (χ4v) is 3.48. The normalized spacial score (nSPS) is 10.6. The van der Waals surface area contributed by atoms with E-state index in [1.165, 1.54) is 29.5 Å². The molecular formula is C19H18N4O3S. The molecular weight excluding hydrogens is 364 g/mol. The molecule has 0 aliphatic rings. The van der Waals surface area contributed by atoms with Gasteiger partial charge in [-0.25, -0.2) is 4.98 Å². The van der Waals surface area contributed by atoms with E-state index in [1.807, 2.05) is 36.7 Å². The average molecular weight is 382 g/mol. The van der Waals surface area contributed by atoms with Crippen molar-refractivity contribution in [3.8, 4) is 5.69 Å². The Morgan fingerprint density at radius 2 is 2.04 bits per heavy atom. The number of para-hydroxylation sites is 2. The number of nitro groups is 1. The number of thioether (sulfide) groups is 1. The lowest BCUT2D eigenvalue weighted by molar-refractivity contribution is -0.383. The predicted molar refractivity (Wildman–Crippen MR) is 105 cm³/mol. The Bertz CT molecular complexity index is 1000. The zero-order valence-corrected chi connectivity index (χ0v) is 15.7. The van der Waals surface area contributed by atoms with Gasteiger partial charge in [0.15, 0.2) is 5.16 Å². The fraction of sp³-hybridized carbons (Fsp3) is 0.158. The van der Waals surface area contributed by atoms with E-state index in [1.54, 1.807) is 18.3 Å². The maximum atomic E-state index is 12.3. The van der Waals surface area contributed by atoms with Crippen LogP contribution in [0.1, 0.15) is 11.1 Å². The van der Waals surface area contributed by atoms with Crippen molar-refractivity contribution in [2.24, 2.45) is 0 Å². The summed E-state index contributed by atoms with van der Waals surface area (Å²) in [5, 5.41) is 14.3. The Morgan fingerprint density at radius 3 is 2.78 bits per heavy atom. The summed E-state index contributed by atoms with van der Waals surface area (Å²) in [6.45, 7) is 4.06. The molecule has 1 heterocycles. The van der Waals surface area contributed by atoms with Crippen molar-refractivity contribution in [3.63, 3.8) is 0 Å². The lowest BCUT2D eigenvalue weighted by atomic mass is 10.1. The van der Waals surface area contributed by atoms with Crippen LogP contribution in [-0.4, -0.2) is 26.1 Å². The van der Waals surface area contributed by atoms with Crippen LogP contribution in [-0.2, 0) is 4.79 Å². The SMILES string of the molecule is Cc1ccc(-n2ccnc2SCC(=O)Nc2ccccc2[N+](=O)[O-])c(C)c1. The average Bonchev–Trinajstić information content (AvgIpc) is 3.08. The van der Waals surface area contributed by atoms with Gasteiger partial charge in [0.05, 0.1) is 16.4 Å². The molecule has 0 aliphatic carbocycles. The van der Waals surface area contributed by atoms with Gasteiger partial charge < -0.3 is 5.32 Å². The number of carbonyl (C=O) groups is 1. The molecule has 1 N–H and O–H groups in total. The third-order valence-electron chi connectivity index (χ3n) is 3.93. The number of carbonyl (C=O) groups excluding carboxylic acids is 1. The molecule has 3 rings (SSSR count). The van der Waals surface area contributed by atoms with Crippen molar-refractivity contribution >= 4 is 29.0 Å². The third-order valence-corrected chi connectivity index (χ3v) is 4.89. The standard InChI is InChI=1S/C19H18N4O3S/c1-13-7-8-16(14(2)11-13)22-10-9-20-19(22)27-12-18(24)21-15-5-3-4-6-17(15)23(25)26/h3-11H,12H2,1-2H3,(H,21,24). The molecule has 0 bridgehead atoms. The summed E-state index contributed by atoms with van der Waals surface area (Å²) >= 11 is 1.27. The number of aromatic nitrogens is 2. The Labute approximate surface area is 160 Å². The summed E-state index contributed by atoms with van der Waals surface area (Å²) in [5.41, 5.74) is 3.34. The molecule has 138 valence electrons. The molecule has 0 fully saturated rings. The highest BCUT2D eigenvalue weighted by molar-refractivity contribution is 7.99. The molecule has 0 saturated heterocycles. The van der Waals surface area contributed by atoms with E-state index in [-0.39, 0.29) is 23.0 Å². The molecule has 0 radical (unpaired) electrons. The van der Waals surface area contributed by atoms with Gasteiger partial charge in [0.25, 0.3) is 5.69 Å². The van der Waals surface area contributed by atoms with E-state index in [0.717, 1.165) is 11.3 Å². The van der Waals surface area contributed by atoms with Gasteiger partial charge in [-0.3, -0.25) is 19.5 Å².